The first-order chi connectivity index (χ1) is 8.65. The van der Waals surface area contributed by atoms with Crippen molar-refractivity contribution >= 4 is 29.4 Å². The molecule has 2 aliphatic rings. The molecule has 1 fully saturated rings. The van der Waals surface area contributed by atoms with Gasteiger partial charge in [0.2, 0.25) is 5.91 Å². The number of thioether (sulfide) groups is 1. The average molecular weight is 263 g/mol. The van der Waals surface area contributed by atoms with Crippen molar-refractivity contribution in [3.8, 4) is 0 Å². The molecule has 94 valence electrons. The van der Waals surface area contributed by atoms with Crippen LogP contribution in [0.1, 0.15) is 11.6 Å². The topological polar surface area (TPSA) is 61.4 Å². The van der Waals surface area contributed by atoms with E-state index in [1.807, 2.05) is 18.2 Å². The third kappa shape index (κ3) is 1.82. The molecule has 0 bridgehead atoms. The highest BCUT2D eigenvalue weighted by atomic mass is 32.2. The average Bonchev–Trinajstić information content (AvgIpc) is 2.69. The summed E-state index contributed by atoms with van der Waals surface area (Å²) in [5.74, 6) is 0.494. The zero-order valence-corrected chi connectivity index (χ0v) is 10.7. The first-order valence-electron chi connectivity index (χ1n) is 5.72. The van der Waals surface area contributed by atoms with Gasteiger partial charge in [0.25, 0.3) is 0 Å². The van der Waals surface area contributed by atoms with E-state index in [2.05, 4.69) is 10.6 Å². The number of benzene rings is 1. The number of fused-ring (bicyclic) bond motifs is 1. The molecular weight excluding hydrogens is 250 g/mol. The Morgan fingerprint density at radius 2 is 2.22 bits per heavy atom. The number of nitrogens with zero attached hydrogens (tertiary/aromatic N) is 1. The van der Waals surface area contributed by atoms with Crippen molar-refractivity contribution in [2.24, 2.45) is 0 Å². The Balaban J connectivity index is 1.92. The molecule has 2 aliphatic heterocycles. The van der Waals surface area contributed by atoms with E-state index < -0.39 is 0 Å². The lowest BCUT2D eigenvalue weighted by molar-refractivity contribution is -0.113. The van der Waals surface area contributed by atoms with Crippen molar-refractivity contribution in [1.82, 2.24) is 10.2 Å². The largest absolute Gasteiger partial charge is 0.336 e. The summed E-state index contributed by atoms with van der Waals surface area (Å²) in [7, 11) is 1.78. The van der Waals surface area contributed by atoms with Crippen LogP contribution in [0.5, 0.6) is 0 Å². The maximum atomic E-state index is 11.4. The van der Waals surface area contributed by atoms with Crippen LogP contribution < -0.4 is 10.6 Å². The summed E-state index contributed by atoms with van der Waals surface area (Å²) in [4.78, 5) is 25.6. The fourth-order valence-electron chi connectivity index (χ4n) is 2.24. The summed E-state index contributed by atoms with van der Waals surface area (Å²) < 4.78 is 0. The minimum atomic E-state index is -0.0591. The van der Waals surface area contributed by atoms with Crippen LogP contribution in [0, 0.1) is 0 Å². The molecule has 1 aromatic rings. The normalized spacial score (nSPS) is 22.5. The monoisotopic (exact) mass is 263 g/mol. The molecule has 0 aromatic heterocycles. The SMILES string of the molecule is CN1C(=O)NCC1c1ccc2c(c1)NC(=O)CS2. The first-order valence-corrected chi connectivity index (χ1v) is 6.71. The lowest BCUT2D eigenvalue weighted by Crippen LogP contribution is -2.25. The number of carbonyl (C=O) groups is 2. The van der Waals surface area contributed by atoms with Gasteiger partial charge in [-0.3, -0.25) is 4.79 Å². The quantitative estimate of drug-likeness (QED) is 0.805. The molecule has 1 atom stereocenters. The van der Waals surface area contributed by atoms with Gasteiger partial charge in [-0.25, -0.2) is 4.79 Å². The van der Waals surface area contributed by atoms with Gasteiger partial charge in [-0.05, 0) is 17.7 Å². The van der Waals surface area contributed by atoms with Gasteiger partial charge in [0.15, 0.2) is 0 Å². The molecular formula is C12H13N3O2S. The molecule has 3 amide bonds. The molecule has 5 nitrogen and oxygen atoms in total. The van der Waals surface area contributed by atoms with Crippen molar-refractivity contribution < 1.29 is 9.59 Å². The fraction of sp³-hybridized carbons (Fsp3) is 0.333. The molecule has 2 heterocycles. The van der Waals surface area contributed by atoms with E-state index in [-0.39, 0.29) is 18.0 Å². The second-order valence-corrected chi connectivity index (χ2v) is 5.42. The molecule has 1 saturated heterocycles. The van der Waals surface area contributed by atoms with Crippen LogP contribution in [0.15, 0.2) is 23.1 Å². The maximum Gasteiger partial charge on any atom is 0.317 e. The minimum absolute atomic E-state index is 0.0265. The Hall–Kier alpha value is -1.69. The summed E-state index contributed by atoms with van der Waals surface area (Å²) in [5.41, 5.74) is 1.89. The van der Waals surface area contributed by atoms with Crippen molar-refractivity contribution in [3.63, 3.8) is 0 Å². The standard InChI is InChI=1S/C12H13N3O2S/c1-15-9(5-13-12(15)17)7-2-3-10-8(4-7)14-11(16)6-18-10/h2-4,9H,5-6H2,1H3,(H,13,17)(H,14,16). The fourth-order valence-corrected chi connectivity index (χ4v) is 3.03. The lowest BCUT2D eigenvalue weighted by Gasteiger charge is -2.22. The molecule has 1 unspecified atom stereocenters. The number of anilines is 1. The maximum absolute atomic E-state index is 11.4. The van der Waals surface area contributed by atoms with Crippen molar-refractivity contribution in [1.29, 1.82) is 0 Å². The molecule has 2 N–H and O–H groups in total. The molecule has 1 aromatic carbocycles. The van der Waals surface area contributed by atoms with Crippen LogP contribution in [0.3, 0.4) is 0 Å². The smallest absolute Gasteiger partial charge is 0.317 e. The van der Waals surface area contributed by atoms with E-state index in [9.17, 15) is 9.59 Å². The number of urea groups is 1. The van der Waals surface area contributed by atoms with Crippen molar-refractivity contribution in [2.75, 3.05) is 24.7 Å². The number of carbonyl (C=O) groups excluding carboxylic acids is 2. The van der Waals surface area contributed by atoms with Crippen LogP contribution in [-0.4, -0.2) is 36.2 Å². The van der Waals surface area contributed by atoms with Crippen LogP contribution in [0.4, 0.5) is 10.5 Å². The lowest BCUT2D eigenvalue weighted by atomic mass is 10.1. The Morgan fingerprint density at radius 3 is 2.94 bits per heavy atom. The minimum Gasteiger partial charge on any atom is -0.336 e. The number of hydrogen-bond acceptors (Lipinski definition) is 3. The number of amides is 3. The molecule has 0 saturated carbocycles. The van der Waals surface area contributed by atoms with E-state index in [4.69, 9.17) is 0 Å². The van der Waals surface area contributed by atoms with Gasteiger partial charge in [-0.1, -0.05) is 6.07 Å². The summed E-state index contributed by atoms with van der Waals surface area (Å²) in [6.07, 6.45) is 0. The second-order valence-electron chi connectivity index (χ2n) is 4.41. The highest BCUT2D eigenvalue weighted by Gasteiger charge is 2.29. The van der Waals surface area contributed by atoms with E-state index in [1.54, 1.807) is 23.7 Å². The number of rotatable bonds is 1. The first kappa shape index (κ1) is 11.4. The predicted molar refractivity (Wildman–Crippen MR) is 69.7 cm³/mol. The zero-order valence-electron chi connectivity index (χ0n) is 9.90. The summed E-state index contributed by atoms with van der Waals surface area (Å²) in [6, 6.07) is 5.96. The zero-order chi connectivity index (χ0) is 12.7. The number of nitrogens with one attached hydrogen (secondary N) is 2. The van der Waals surface area contributed by atoms with E-state index in [0.29, 0.717) is 12.3 Å². The predicted octanol–water partition coefficient (Wildman–Crippen LogP) is 1.43. The summed E-state index contributed by atoms with van der Waals surface area (Å²) in [5, 5.41) is 5.67. The Bertz CT molecular complexity index is 532. The Kier molecular flexibility index (Phi) is 2.66. The second kappa shape index (κ2) is 4.20. The number of likely N-dealkylation sites (N-methyl/N-ethyl adjacent to an activating group) is 1. The highest BCUT2D eigenvalue weighted by molar-refractivity contribution is 8.00. The van der Waals surface area contributed by atoms with Gasteiger partial charge in [0, 0.05) is 18.5 Å². The van der Waals surface area contributed by atoms with E-state index in [0.717, 1.165) is 16.1 Å². The third-order valence-corrected chi connectivity index (χ3v) is 4.33. The molecule has 3 rings (SSSR count). The Morgan fingerprint density at radius 1 is 1.39 bits per heavy atom. The van der Waals surface area contributed by atoms with Crippen LogP contribution in [0.2, 0.25) is 0 Å². The van der Waals surface area contributed by atoms with Gasteiger partial charge < -0.3 is 15.5 Å². The van der Waals surface area contributed by atoms with Gasteiger partial charge in [-0.15, -0.1) is 11.8 Å². The van der Waals surface area contributed by atoms with Gasteiger partial charge in [0.1, 0.15) is 0 Å². The van der Waals surface area contributed by atoms with Crippen LogP contribution in [0.25, 0.3) is 0 Å². The van der Waals surface area contributed by atoms with Crippen molar-refractivity contribution in [2.45, 2.75) is 10.9 Å². The summed E-state index contributed by atoms with van der Waals surface area (Å²) in [6.45, 7) is 0.606. The highest BCUT2D eigenvalue weighted by Crippen LogP contribution is 2.34. The third-order valence-electron chi connectivity index (χ3n) is 3.26. The van der Waals surface area contributed by atoms with Crippen molar-refractivity contribution in [3.05, 3.63) is 23.8 Å². The molecule has 0 radical (unpaired) electrons. The molecule has 0 aliphatic carbocycles. The summed E-state index contributed by atoms with van der Waals surface area (Å²) >= 11 is 1.54. The Labute approximate surface area is 109 Å². The molecule has 18 heavy (non-hydrogen) atoms. The number of hydrogen-bond donors (Lipinski definition) is 2. The van der Waals surface area contributed by atoms with Crippen LogP contribution >= 0.6 is 11.8 Å². The van der Waals surface area contributed by atoms with E-state index >= 15 is 0 Å². The molecule has 0 spiro atoms. The van der Waals surface area contributed by atoms with Crippen LogP contribution in [-0.2, 0) is 4.79 Å². The van der Waals surface area contributed by atoms with Gasteiger partial charge in [0.05, 0.1) is 17.5 Å². The van der Waals surface area contributed by atoms with E-state index in [1.165, 1.54) is 0 Å². The van der Waals surface area contributed by atoms with Gasteiger partial charge >= 0.3 is 6.03 Å². The molecule has 6 heteroatoms. The van der Waals surface area contributed by atoms with Gasteiger partial charge in [-0.2, -0.15) is 0 Å².